The fourth-order valence-corrected chi connectivity index (χ4v) is 4.75. The van der Waals surface area contributed by atoms with E-state index in [2.05, 4.69) is 42.9 Å². The van der Waals surface area contributed by atoms with E-state index in [0.29, 0.717) is 35.4 Å². The van der Waals surface area contributed by atoms with Crippen LogP contribution in [-0.2, 0) is 11.4 Å². The van der Waals surface area contributed by atoms with Crippen molar-refractivity contribution >= 4 is 34.8 Å². The quantitative estimate of drug-likeness (QED) is 0.202. The molecule has 0 atom stereocenters. The molecule has 1 heterocycles. The van der Waals surface area contributed by atoms with Crippen molar-refractivity contribution in [2.45, 2.75) is 39.5 Å². The summed E-state index contributed by atoms with van der Waals surface area (Å²) in [6, 6.07) is 17.3. The van der Waals surface area contributed by atoms with Gasteiger partial charge in [-0.25, -0.2) is 9.78 Å². The minimum atomic E-state index is -1.03. The number of nitrogens with zero attached hydrogens (tertiary/aromatic N) is 1. The number of rotatable bonds is 9. The van der Waals surface area contributed by atoms with E-state index < -0.39 is 5.97 Å². The van der Waals surface area contributed by atoms with Gasteiger partial charge in [0.05, 0.1) is 17.6 Å². The topological polar surface area (TPSA) is 84.4 Å². The van der Waals surface area contributed by atoms with Crippen molar-refractivity contribution in [3.05, 3.63) is 87.3 Å². The van der Waals surface area contributed by atoms with Crippen molar-refractivity contribution in [1.29, 1.82) is 0 Å². The molecule has 4 rings (SSSR count). The molecule has 3 aromatic carbocycles. The number of aromatic amines is 1. The Balaban J connectivity index is 1.58. The fourth-order valence-electron chi connectivity index (χ4n) is 3.96. The van der Waals surface area contributed by atoms with E-state index in [1.165, 1.54) is 16.7 Å². The molecule has 0 radical (unpaired) electrons. The Morgan fingerprint density at radius 1 is 1.03 bits per heavy atom. The molecule has 35 heavy (non-hydrogen) atoms. The maximum absolute atomic E-state index is 12.0. The Hall–Kier alpha value is -3.71. The van der Waals surface area contributed by atoms with Gasteiger partial charge in [-0.3, -0.25) is 0 Å². The molecule has 4 aromatic rings. The van der Waals surface area contributed by atoms with E-state index in [0.717, 1.165) is 28.4 Å². The number of carboxylic acids is 1. The first kappa shape index (κ1) is 24.4. The number of aromatic nitrogens is 2. The lowest BCUT2D eigenvalue weighted by molar-refractivity contribution is -0.131. The number of imidazole rings is 1. The minimum absolute atomic E-state index is 0.145. The van der Waals surface area contributed by atoms with Gasteiger partial charge in [-0.1, -0.05) is 35.9 Å². The highest BCUT2D eigenvalue weighted by Gasteiger charge is 2.15. The van der Waals surface area contributed by atoms with E-state index in [1.54, 1.807) is 12.1 Å². The van der Waals surface area contributed by atoms with E-state index in [-0.39, 0.29) is 4.91 Å². The van der Waals surface area contributed by atoms with Crippen molar-refractivity contribution in [2.24, 2.45) is 0 Å². The van der Waals surface area contributed by atoms with Crippen molar-refractivity contribution in [3.8, 4) is 11.5 Å². The van der Waals surface area contributed by atoms with Gasteiger partial charge in [-0.05, 0) is 92.1 Å². The number of aryl methyl sites for hydroxylation is 3. The van der Waals surface area contributed by atoms with Crippen LogP contribution in [0.5, 0.6) is 11.5 Å². The van der Waals surface area contributed by atoms with Gasteiger partial charge < -0.3 is 19.6 Å². The number of hydrogen-bond acceptors (Lipinski definition) is 5. The molecule has 0 saturated carbocycles. The maximum Gasteiger partial charge on any atom is 0.342 e. The van der Waals surface area contributed by atoms with Crippen LogP contribution in [0.1, 0.15) is 34.7 Å². The molecule has 0 bridgehead atoms. The number of benzene rings is 3. The molecule has 0 aliphatic rings. The average Bonchev–Trinajstić information content (AvgIpc) is 3.21. The number of fused-ring (bicyclic) bond motifs is 1. The highest BCUT2D eigenvalue weighted by molar-refractivity contribution is 8.04. The second kappa shape index (κ2) is 10.7. The monoisotopic (exact) mass is 488 g/mol. The predicted molar refractivity (Wildman–Crippen MR) is 140 cm³/mol. The molecule has 0 fully saturated rings. The van der Waals surface area contributed by atoms with Crippen LogP contribution in [0.25, 0.3) is 17.1 Å². The Bertz CT molecular complexity index is 1350. The van der Waals surface area contributed by atoms with Crippen LogP contribution < -0.4 is 9.47 Å². The normalized spacial score (nSPS) is 11.6. The second-order valence-electron chi connectivity index (χ2n) is 8.28. The highest BCUT2D eigenvalue weighted by atomic mass is 32.2. The number of thioether (sulfide) groups is 1. The maximum atomic E-state index is 12.0. The smallest absolute Gasteiger partial charge is 0.342 e. The summed E-state index contributed by atoms with van der Waals surface area (Å²) < 4.78 is 12.0. The van der Waals surface area contributed by atoms with Crippen LogP contribution in [0.3, 0.4) is 0 Å². The van der Waals surface area contributed by atoms with Gasteiger partial charge in [0, 0.05) is 0 Å². The summed E-state index contributed by atoms with van der Waals surface area (Å²) >= 11 is 1.08. The summed E-state index contributed by atoms with van der Waals surface area (Å²) in [5, 5.41) is 10.3. The molecule has 0 unspecified atom stereocenters. The summed E-state index contributed by atoms with van der Waals surface area (Å²) in [4.78, 5) is 19.7. The van der Waals surface area contributed by atoms with Crippen LogP contribution in [0, 0.1) is 20.8 Å². The zero-order valence-corrected chi connectivity index (χ0v) is 21.0. The second-order valence-corrected chi connectivity index (χ2v) is 9.31. The molecular formula is C28H28N2O4S. The van der Waals surface area contributed by atoms with Crippen LogP contribution in [0.2, 0.25) is 0 Å². The standard InChI is InChI=1S/C28H28N2O4S/c1-5-33-25-14-20(10-11-24(25)34-16-21-18(3)12-17(2)13-19(21)4)15-26(27(31)32)35-28-29-22-8-6-7-9-23(22)30-28/h6-15H,5,16H2,1-4H3,(H,29,30)(H,31,32)/b26-15-. The summed E-state index contributed by atoms with van der Waals surface area (Å²) in [7, 11) is 0. The van der Waals surface area contributed by atoms with Gasteiger partial charge in [0.1, 0.15) is 11.5 Å². The van der Waals surface area contributed by atoms with Gasteiger partial charge >= 0.3 is 5.97 Å². The zero-order valence-electron chi connectivity index (χ0n) is 20.2. The Labute approximate surface area is 209 Å². The molecule has 1 aromatic heterocycles. The number of H-pyrrole nitrogens is 1. The molecule has 0 spiro atoms. The van der Waals surface area contributed by atoms with E-state index in [4.69, 9.17) is 9.47 Å². The summed E-state index contributed by atoms with van der Waals surface area (Å²) in [6.45, 7) is 9.05. The van der Waals surface area contributed by atoms with Gasteiger partial charge in [0.2, 0.25) is 0 Å². The van der Waals surface area contributed by atoms with Crippen molar-refractivity contribution in [2.75, 3.05) is 6.61 Å². The lowest BCUT2D eigenvalue weighted by Crippen LogP contribution is -2.03. The Kier molecular flexibility index (Phi) is 7.46. The number of carbonyl (C=O) groups is 1. The molecule has 7 heteroatoms. The van der Waals surface area contributed by atoms with Crippen LogP contribution >= 0.6 is 11.8 Å². The van der Waals surface area contributed by atoms with Crippen molar-refractivity contribution in [1.82, 2.24) is 9.97 Å². The third kappa shape index (κ3) is 5.87. The fraction of sp³-hybridized carbons (Fsp3) is 0.214. The number of para-hydroxylation sites is 2. The largest absolute Gasteiger partial charge is 0.490 e. The summed E-state index contributed by atoms with van der Waals surface area (Å²) in [6.07, 6.45) is 1.61. The number of ether oxygens (including phenoxy) is 2. The Morgan fingerprint density at radius 2 is 1.77 bits per heavy atom. The molecule has 0 amide bonds. The molecule has 0 aliphatic carbocycles. The molecule has 2 N–H and O–H groups in total. The molecule has 0 saturated heterocycles. The summed E-state index contributed by atoms with van der Waals surface area (Å²) in [5.41, 5.74) is 7.10. The van der Waals surface area contributed by atoms with E-state index in [1.807, 2.05) is 43.3 Å². The number of carboxylic acid groups (broad SMARTS) is 1. The van der Waals surface area contributed by atoms with Crippen molar-refractivity contribution < 1.29 is 19.4 Å². The lowest BCUT2D eigenvalue weighted by atomic mass is 10.0. The van der Waals surface area contributed by atoms with Gasteiger partial charge in [0.25, 0.3) is 0 Å². The first-order chi connectivity index (χ1) is 16.8. The summed E-state index contributed by atoms with van der Waals surface area (Å²) in [5.74, 6) is 0.159. The number of aliphatic carboxylic acids is 1. The van der Waals surface area contributed by atoms with E-state index in [9.17, 15) is 9.90 Å². The first-order valence-corrected chi connectivity index (χ1v) is 12.2. The zero-order chi connectivity index (χ0) is 24.9. The molecule has 180 valence electrons. The molecular weight excluding hydrogens is 460 g/mol. The van der Waals surface area contributed by atoms with Crippen LogP contribution in [0.4, 0.5) is 0 Å². The number of nitrogens with one attached hydrogen (secondary N) is 1. The SMILES string of the molecule is CCOc1cc(/C=C(\Sc2nc3ccccc3[nH]2)C(=O)O)ccc1OCc1c(C)cc(C)cc1C. The van der Waals surface area contributed by atoms with Gasteiger partial charge in [0.15, 0.2) is 16.7 Å². The van der Waals surface area contributed by atoms with Crippen LogP contribution in [0.15, 0.2) is 64.7 Å². The Morgan fingerprint density at radius 3 is 2.46 bits per heavy atom. The van der Waals surface area contributed by atoms with Gasteiger partial charge in [-0.2, -0.15) is 0 Å². The third-order valence-corrected chi connectivity index (χ3v) is 6.46. The minimum Gasteiger partial charge on any atom is -0.490 e. The van der Waals surface area contributed by atoms with E-state index >= 15 is 0 Å². The average molecular weight is 489 g/mol. The highest BCUT2D eigenvalue weighted by Crippen LogP contribution is 2.33. The number of hydrogen-bond donors (Lipinski definition) is 2. The molecule has 6 nitrogen and oxygen atoms in total. The van der Waals surface area contributed by atoms with Crippen LogP contribution in [-0.4, -0.2) is 27.7 Å². The third-order valence-electron chi connectivity index (χ3n) is 5.56. The van der Waals surface area contributed by atoms with Crippen molar-refractivity contribution in [3.63, 3.8) is 0 Å². The lowest BCUT2D eigenvalue weighted by Gasteiger charge is -2.16. The van der Waals surface area contributed by atoms with Gasteiger partial charge in [-0.15, -0.1) is 0 Å². The first-order valence-electron chi connectivity index (χ1n) is 11.4. The predicted octanol–water partition coefficient (Wildman–Crippen LogP) is 6.68. The molecule has 0 aliphatic heterocycles.